The van der Waals surface area contributed by atoms with Crippen molar-refractivity contribution in [1.29, 1.82) is 0 Å². The van der Waals surface area contributed by atoms with Gasteiger partial charge in [0.2, 0.25) is 10.0 Å². The van der Waals surface area contributed by atoms with Gasteiger partial charge in [0.25, 0.3) is 0 Å². The average molecular weight is 406 g/mol. The summed E-state index contributed by atoms with van der Waals surface area (Å²) in [6.45, 7) is 7.72. The number of aryl methyl sites for hydroxylation is 1. The summed E-state index contributed by atoms with van der Waals surface area (Å²) in [4.78, 5) is 2.47. The summed E-state index contributed by atoms with van der Waals surface area (Å²) < 4.78 is 28.4. The Labute approximate surface area is 168 Å². The lowest BCUT2D eigenvalue weighted by Gasteiger charge is -2.22. The fourth-order valence-corrected chi connectivity index (χ4v) is 4.55. The fraction of sp³-hybridized carbons (Fsp3) is 0.600. The fourth-order valence-electron chi connectivity index (χ4n) is 3.71. The zero-order valence-electron chi connectivity index (χ0n) is 17.0. The number of hydrogen-bond donors (Lipinski definition) is 1. The number of nitrogens with zero attached hydrogens (tertiary/aromatic N) is 4. The Morgan fingerprint density at radius 1 is 1.11 bits per heavy atom. The SMILES string of the molecule is CC(C)C(NS(C)(=O)=O)c1nnc2n1CCN(CCCc1ccccc1)CC2. The van der Waals surface area contributed by atoms with Gasteiger partial charge in [-0.2, -0.15) is 0 Å². The van der Waals surface area contributed by atoms with Gasteiger partial charge in [0.1, 0.15) is 5.82 Å². The van der Waals surface area contributed by atoms with Crippen molar-refractivity contribution >= 4 is 10.0 Å². The van der Waals surface area contributed by atoms with E-state index in [1.807, 2.05) is 13.8 Å². The zero-order valence-corrected chi connectivity index (χ0v) is 17.8. The summed E-state index contributed by atoms with van der Waals surface area (Å²) in [5.41, 5.74) is 1.38. The van der Waals surface area contributed by atoms with Crippen LogP contribution in [0.25, 0.3) is 0 Å². The highest BCUT2D eigenvalue weighted by atomic mass is 32.2. The molecule has 1 aliphatic rings. The van der Waals surface area contributed by atoms with Crippen LogP contribution in [0, 0.1) is 5.92 Å². The summed E-state index contributed by atoms with van der Waals surface area (Å²) >= 11 is 0. The normalized spacial score (nSPS) is 16.7. The summed E-state index contributed by atoms with van der Waals surface area (Å²) in [5, 5.41) is 8.70. The number of nitrogens with one attached hydrogen (secondary N) is 1. The molecule has 0 radical (unpaired) electrons. The quantitative estimate of drug-likeness (QED) is 0.727. The first kappa shape index (κ1) is 21.0. The number of sulfonamides is 1. The lowest BCUT2D eigenvalue weighted by molar-refractivity contribution is 0.273. The second-order valence-electron chi connectivity index (χ2n) is 7.92. The summed E-state index contributed by atoms with van der Waals surface area (Å²) in [6.07, 6.45) is 4.24. The Kier molecular flexibility index (Phi) is 6.85. The third kappa shape index (κ3) is 5.62. The molecule has 8 heteroatoms. The second-order valence-corrected chi connectivity index (χ2v) is 9.70. The van der Waals surface area contributed by atoms with Gasteiger partial charge in [-0.1, -0.05) is 44.2 Å². The molecule has 1 aliphatic heterocycles. The number of hydrogen-bond acceptors (Lipinski definition) is 5. The molecular formula is C20H31N5O2S. The molecule has 1 aromatic carbocycles. The van der Waals surface area contributed by atoms with E-state index in [-0.39, 0.29) is 12.0 Å². The first-order chi connectivity index (χ1) is 13.3. The highest BCUT2D eigenvalue weighted by molar-refractivity contribution is 7.88. The third-order valence-corrected chi connectivity index (χ3v) is 5.90. The summed E-state index contributed by atoms with van der Waals surface area (Å²) in [6, 6.07) is 10.2. The maximum atomic E-state index is 11.8. The van der Waals surface area contributed by atoms with Crippen molar-refractivity contribution in [2.45, 2.75) is 45.7 Å². The van der Waals surface area contributed by atoms with E-state index in [9.17, 15) is 8.42 Å². The lowest BCUT2D eigenvalue weighted by atomic mass is 10.1. The van der Waals surface area contributed by atoms with Crippen molar-refractivity contribution in [1.82, 2.24) is 24.4 Å². The van der Waals surface area contributed by atoms with Crippen LogP contribution in [0.5, 0.6) is 0 Å². The van der Waals surface area contributed by atoms with Crippen molar-refractivity contribution in [2.24, 2.45) is 5.92 Å². The molecule has 0 aliphatic carbocycles. The predicted molar refractivity (Wildman–Crippen MR) is 110 cm³/mol. The van der Waals surface area contributed by atoms with Crippen molar-refractivity contribution in [2.75, 3.05) is 25.9 Å². The molecule has 154 valence electrons. The van der Waals surface area contributed by atoms with Crippen LogP contribution in [-0.2, 0) is 29.4 Å². The molecular weight excluding hydrogens is 374 g/mol. The maximum Gasteiger partial charge on any atom is 0.209 e. The Hall–Kier alpha value is -1.77. The van der Waals surface area contributed by atoms with E-state index >= 15 is 0 Å². The van der Waals surface area contributed by atoms with Crippen LogP contribution >= 0.6 is 0 Å². The minimum absolute atomic E-state index is 0.0910. The van der Waals surface area contributed by atoms with E-state index < -0.39 is 10.0 Å². The molecule has 1 unspecified atom stereocenters. The number of fused-ring (bicyclic) bond motifs is 1. The van der Waals surface area contributed by atoms with Crippen molar-refractivity contribution < 1.29 is 8.42 Å². The molecule has 1 N–H and O–H groups in total. The number of benzene rings is 1. The van der Waals surface area contributed by atoms with Crippen molar-refractivity contribution in [3.05, 3.63) is 47.5 Å². The van der Waals surface area contributed by atoms with Crippen LogP contribution in [0.3, 0.4) is 0 Å². The van der Waals surface area contributed by atoms with Crippen molar-refractivity contribution in [3.8, 4) is 0 Å². The van der Waals surface area contributed by atoms with Gasteiger partial charge < -0.3 is 9.47 Å². The number of aromatic nitrogens is 3. The highest BCUT2D eigenvalue weighted by Crippen LogP contribution is 2.23. The average Bonchev–Trinajstić information content (AvgIpc) is 2.93. The zero-order chi connectivity index (χ0) is 20.1. The second kappa shape index (κ2) is 9.15. The van der Waals surface area contributed by atoms with E-state index in [2.05, 4.69) is 54.7 Å². The van der Waals surface area contributed by atoms with Crippen molar-refractivity contribution in [3.63, 3.8) is 0 Å². The molecule has 2 aromatic rings. The first-order valence-electron chi connectivity index (χ1n) is 9.99. The van der Waals surface area contributed by atoms with E-state index in [1.165, 1.54) is 11.8 Å². The van der Waals surface area contributed by atoms with Gasteiger partial charge in [0.05, 0.1) is 12.3 Å². The van der Waals surface area contributed by atoms with Crippen LogP contribution in [0.15, 0.2) is 30.3 Å². The molecule has 1 aromatic heterocycles. The smallest absolute Gasteiger partial charge is 0.209 e. The summed E-state index contributed by atoms with van der Waals surface area (Å²) in [5.74, 6) is 1.76. The predicted octanol–water partition coefficient (Wildman–Crippen LogP) is 2.02. The Balaban J connectivity index is 1.62. The molecule has 7 nitrogen and oxygen atoms in total. The molecule has 0 spiro atoms. The van der Waals surface area contributed by atoms with Gasteiger partial charge in [0.15, 0.2) is 5.82 Å². The van der Waals surface area contributed by atoms with Crippen LogP contribution in [0.1, 0.15) is 43.5 Å². The highest BCUT2D eigenvalue weighted by Gasteiger charge is 2.28. The van der Waals surface area contributed by atoms with Gasteiger partial charge >= 0.3 is 0 Å². The maximum absolute atomic E-state index is 11.8. The van der Waals surface area contributed by atoms with Gasteiger partial charge in [-0.25, -0.2) is 13.1 Å². The number of rotatable bonds is 8. The topological polar surface area (TPSA) is 80.1 Å². The first-order valence-corrected chi connectivity index (χ1v) is 11.9. The summed E-state index contributed by atoms with van der Waals surface area (Å²) in [7, 11) is -3.32. The van der Waals surface area contributed by atoms with E-state index in [0.29, 0.717) is 0 Å². The van der Waals surface area contributed by atoms with Crippen LogP contribution < -0.4 is 4.72 Å². The Bertz CT molecular complexity index is 864. The van der Waals surface area contributed by atoms with Crippen LogP contribution in [0.4, 0.5) is 0 Å². The van der Waals surface area contributed by atoms with Gasteiger partial charge in [-0.05, 0) is 30.9 Å². The minimum atomic E-state index is -3.32. The molecule has 0 fully saturated rings. The Morgan fingerprint density at radius 2 is 1.86 bits per heavy atom. The molecule has 2 heterocycles. The monoisotopic (exact) mass is 405 g/mol. The van der Waals surface area contributed by atoms with Crippen LogP contribution in [-0.4, -0.2) is 54.0 Å². The molecule has 0 amide bonds. The van der Waals surface area contributed by atoms with E-state index in [0.717, 1.165) is 57.1 Å². The van der Waals surface area contributed by atoms with Gasteiger partial charge in [-0.15, -0.1) is 10.2 Å². The van der Waals surface area contributed by atoms with E-state index in [1.54, 1.807) is 0 Å². The largest absolute Gasteiger partial charge is 0.312 e. The Morgan fingerprint density at radius 3 is 2.54 bits per heavy atom. The standard InChI is InChI=1S/C20H31N5O2S/c1-16(2)19(23-28(3,26)27)20-22-21-18-11-13-24(14-15-25(18)20)12-7-10-17-8-5-4-6-9-17/h4-6,8-9,16,19,23H,7,10-15H2,1-3H3. The molecule has 0 saturated carbocycles. The van der Waals surface area contributed by atoms with E-state index in [4.69, 9.17) is 0 Å². The molecule has 0 saturated heterocycles. The molecule has 1 atom stereocenters. The molecule has 0 bridgehead atoms. The van der Waals surface area contributed by atoms with Crippen LogP contribution in [0.2, 0.25) is 0 Å². The minimum Gasteiger partial charge on any atom is -0.312 e. The molecule has 3 rings (SSSR count). The third-order valence-electron chi connectivity index (χ3n) is 5.22. The molecule has 28 heavy (non-hydrogen) atoms. The van der Waals surface area contributed by atoms with Gasteiger partial charge in [0, 0.05) is 26.1 Å². The lowest BCUT2D eigenvalue weighted by Crippen LogP contribution is -2.34. The van der Waals surface area contributed by atoms with Gasteiger partial charge in [-0.3, -0.25) is 0 Å².